The van der Waals surface area contributed by atoms with Crippen molar-refractivity contribution in [2.75, 3.05) is 11.9 Å². The third-order valence-corrected chi connectivity index (χ3v) is 4.71. The van der Waals surface area contributed by atoms with E-state index in [0.717, 1.165) is 24.2 Å². The highest BCUT2D eigenvalue weighted by Crippen LogP contribution is 2.38. The number of carbonyl (C=O) groups excluding carboxylic acids is 2. The summed E-state index contributed by atoms with van der Waals surface area (Å²) in [7, 11) is 0. The Kier molecular flexibility index (Phi) is 5.54. The van der Waals surface area contributed by atoms with E-state index in [9.17, 15) is 9.59 Å². The molecule has 1 aromatic carbocycles. The van der Waals surface area contributed by atoms with Gasteiger partial charge >= 0.3 is 5.97 Å². The van der Waals surface area contributed by atoms with Crippen LogP contribution in [0.2, 0.25) is 0 Å². The lowest BCUT2D eigenvalue weighted by atomic mass is 10.2. The van der Waals surface area contributed by atoms with Gasteiger partial charge in [-0.1, -0.05) is 12.1 Å². The molecule has 0 radical (unpaired) electrons. The molecule has 3 rings (SSSR count). The third kappa shape index (κ3) is 4.15. The van der Waals surface area contributed by atoms with Crippen LogP contribution in [-0.2, 0) is 9.53 Å². The van der Waals surface area contributed by atoms with Gasteiger partial charge in [0.05, 0.1) is 17.9 Å². The fourth-order valence-corrected chi connectivity index (χ4v) is 3.24. The van der Waals surface area contributed by atoms with E-state index in [4.69, 9.17) is 9.47 Å². The van der Waals surface area contributed by atoms with Crippen LogP contribution in [0.15, 0.2) is 30.3 Å². The number of carbonyl (C=O) groups is 2. The number of benzene rings is 1. The number of amides is 1. The lowest BCUT2D eigenvalue weighted by molar-refractivity contribution is -0.123. The van der Waals surface area contributed by atoms with Gasteiger partial charge in [0.25, 0.3) is 5.91 Å². The molecule has 2 aromatic rings. The predicted molar refractivity (Wildman–Crippen MR) is 103 cm³/mol. The van der Waals surface area contributed by atoms with Crippen LogP contribution in [0.5, 0.6) is 5.75 Å². The van der Waals surface area contributed by atoms with Crippen molar-refractivity contribution in [1.82, 2.24) is 4.57 Å². The molecule has 1 aromatic heterocycles. The number of esters is 1. The molecule has 0 unspecified atom stereocenters. The van der Waals surface area contributed by atoms with Crippen LogP contribution in [0.4, 0.5) is 5.69 Å². The van der Waals surface area contributed by atoms with Crippen LogP contribution in [0.3, 0.4) is 0 Å². The summed E-state index contributed by atoms with van der Waals surface area (Å²) in [5, 5.41) is 2.76. The topological polar surface area (TPSA) is 69.6 Å². The SMILES string of the molecule is CCOc1ccccc1NC(=O)[C@@H](C)OC(=O)c1cc(C)n(C2CC2)c1C. The van der Waals surface area contributed by atoms with Crippen LogP contribution >= 0.6 is 0 Å². The number of anilines is 1. The molecule has 0 spiro atoms. The fourth-order valence-electron chi connectivity index (χ4n) is 3.24. The Labute approximate surface area is 159 Å². The molecule has 6 nitrogen and oxygen atoms in total. The molecule has 1 fully saturated rings. The van der Waals surface area contributed by atoms with E-state index in [-0.39, 0.29) is 0 Å². The van der Waals surface area contributed by atoms with Crippen LogP contribution in [-0.4, -0.2) is 29.2 Å². The standard InChI is InChI=1S/C21H26N2O4/c1-5-26-19-9-7-6-8-18(19)22-20(24)15(4)27-21(25)17-12-13(2)23(14(17)3)16-10-11-16/h6-9,12,15-16H,5,10-11H2,1-4H3,(H,22,24)/t15-/m1/s1. The number of hydrogen-bond donors (Lipinski definition) is 1. The number of aromatic nitrogens is 1. The predicted octanol–water partition coefficient (Wildman–Crippen LogP) is 4.02. The van der Waals surface area contributed by atoms with E-state index >= 15 is 0 Å². The Morgan fingerprint density at radius 1 is 1.26 bits per heavy atom. The number of para-hydroxylation sites is 2. The van der Waals surface area contributed by atoms with Crippen LogP contribution < -0.4 is 10.1 Å². The Hall–Kier alpha value is -2.76. The molecule has 27 heavy (non-hydrogen) atoms. The summed E-state index contributed by atoms with van der Waals surface area (Å²) in [6.07, 6.45) is 1.36. The number of hydrogen-bond acceptors (Lipinski definition) is 4. The molecule has 144 valence electrons. The maximum atomic E-state index is 12.6. The first-order valence-electron chi connectivity index (χ1n) is 9.34. The lowest BCUT2D eigenvalue weighted by Gasteiger charge is -2.15. The van der Waals surface area contributed by atoms with E-state index in [2.05, 4.69) is 9.88 Å². The number of nitrogens with one attached hydrogen (secondary N) is 1. The Balaban J connectivity index is 1.66. The lowest BCUT2D eigenvalue weighted by Crippen LogP contribution is -2.30. The van der Waals surface area contributed by atoms with Crippen molar-refractivity contribution < 1.29 is 19.1 Å². The second-order valence-electron chi connectivity index (χ2n) is 6.85. The minimum Gasteiger partial charge on any atom is -0.492 e. The van der Waals surface area contributed by atoms with Gasteiger partial charge < -0.3 is 19.4 Å². The smallest absolute Gasteiger partial charge is 0.340 e. The van der Waals surface area contributed by atoms with Gasteiger partial charge in [0.2, 0.25) is 0 Å². The summed E-state index contributed by atoms with van der Waals surface area (Å²) in [6.45, 7) is 7.85. The zero-order valence-electron chi connectivity index (χ0n) is 16.2. The Morgan fingerprint density at radius 2 is 1.96 bits per heavy atom. The van der Waals surface area contributed by atoms with Gasteiger partial charge in [-0.05, 0) is 58.7 Å². The number of aryl methyl sites for hydroxylation is 1. The van der Waals surface area contributed by atoms with Gasteiger partial charge in [0.1, 0.15) is 5.75 Å². The average molecular weight is 370 g/mol. The highest BCUT2D eigenvalue weighted by molar-refractivity contribution is 5.98. The van der Waals surface area contributed by atoms with E-state index in [0.29, 0.717) is 29.6 Å². The molecule has 0 saturated heterocycles. The van der Waals surface area contributed by atoms with Gasteiger partial charge in [0, 0.05) is 17.4 Å². The summed E-state index contributed by atoms with van der Waals surface area (Å²) in [4.78, 5) is 25.0. The Bertz CT molecular complexity index is 852. The van der Waals surface area contributed by atoms with Crippen molar-refractivity contribution in [3.63, 3.8) is 0 Å². The third-order valence-electron chi connectivity index (χ3n) is 4.71. The second-order valence-corrected chi connectivity index (χ2v) is 6.85. The highest BCUT2D eigenvalue weighted by Gasteiger charge is 2.29. The van der Waals surface area contributed by atoms with E-state index in [1.807, 2.05) is 39.0 Å². The highest BCUT2D eigenvalue weighted by atomic mass is 16.5. The average Bonchev–Trinajstić information content (AvgIpc) is 3.41. The molecule has 1 amide bonds. The van der Waals surface area contributed by atoms with Crippen molar-refractivity contribution in [1.29, 1.82) is 0 Å². The van der Waals surface area contributed by atoms with Crippen molar-refractivity contribution in [2.45, 2.75) is 52.7 Å². The van der Waals surface area contributed by atoms with Gasteiger partial charge in [-0.25, -0.2) is 4.79 Å². The summed E-state index contributed by atoms with van der Waals surface area (Å²) in [6, 6.07) is 9.50. The van der Waals surface area contributed by atoms with Crippen LogP contribution in [0.1, 0.15) is 54.5 Å². The molecule has 1 aliphatic rings. The molecule has 1 aliphatic carbocycles. The normalized spacial score (nSPS) is 14.5. The fraction of sp³-hybridized carbons (Fsp3) is 0.429. The molecule has 1 N–H and O–H groups in total. The maximum absolute atomic E-state index is 12.6. The molecule has 0 bridgehead atoms. The summed E-state index contributed by atoms with van der Waals surface area (Å²) < 4.78 is 13.1. The summed E-state index contributed by atoms with van der Waals surface area (Å²) >= 11 is 0. The molecule has 1 saturated carbocycles. The van der Waals surface area contributed by atoms with E-state index < -0.39 is 18.0 Å². The van der Waals surface area contributed by atoms with Gasteiger partial charge in [-0.2, -0.15) is 0 Å². The minimum atomic E-state index is -0.920. The van der Waals surface area contributed by atoms with Crippen molar-refractivity contribution >= 4 is 17.6 Å². The van der Waals surface area contributed by atoms with Crippen molar-refractivity contribution in [2.24, 2.45) is 0 Å². The van der Waals surface area contributed by atoms with E-state index in [1.165, 1.54) is 0 Å². The Morgan fingerprint density at radius 3 is 2.63 bits per heavy atom. The monoisotopic (exact) mass is 370 g/mol. The summed E-state index contributed by atoms with van der Waals surface area (Å²) in [5.74, 6) is -0.290. The number of ether oxygens (including phenoxy) is 2. The van der Waals surface area contributed by atoms with Crippen LogP contribution in [0.25, 0.3) is 0 Å². The van der Waals surface area contributed by atoms with Gasteiger partial charge in [-0.3, -0.25) is 4.79 Å². The largest absolute Gasteiger partial charge is 0.492 e. The van der Waals surface area contributed by atoms with Gasteiger partial charge in [-0.15, -0.1) is 0 Å². The molecule has 1 atom stereocenters. The molecule has 0 aliphatic heterocycles. The summed E-state index contributed by atoms with van der Waals surface area (Å²) in [5.41, 5.74) is 3.02. The quantitative estimate of drug-likeness (QED) is 0.747. The first-order chi connectivity index (χ1) is 12.9. The molecular weight excluding hydrogens is 344 g/mol. The second kappa shape index (κ2) is 7.86. The van der Waals surface area contributed by atoms with Crippen molar-refractivity contribution in [3.05, 3.63) is 47.3 Å². The number of rotatable bonds is 7. The van der Waals surface area contributed by atoms with E-state index in [1.54, 1.807) is 19.1 Å². The number of nitrogens with zero attached hydrogens (tertiary/aromatic N) is 1. The van der Waals surface area contributed by atoms with Crippen LogP contribution in [0, 0.1) is 13.8 Å². The van der Waals surface area contributed by atoms with Gasteiger partial charge in [0.15, 0.2) is 6.10 Å². The molecule has 6 heteroatoms. The minimum absolute atomic E-state index is 0.397. The zero-order valence-corrected chi connectivity index (χ0v) is 16.2. The first kappa shape index (κ1) is 19.0. The molecular formula is C21H26N2O4. The zero-order chi connectivity index (χ0) is 19.6. The molecule has 1 heterocycles. The maximum Gasteiger partial charge on any atom is 0.340 e. The van der Waals surface area contributed by atoms with Crippen molar-refractivity contribution in [3.8, 4) is 5.75 Å². The first-order valence-corrected chi connectivity index (χ1v) is 9.34.